The number of piperazine rings is 1. The average Bonchev–Trinajstić information content (AvgIpc) is 3.14. The molecule has 1 fully saturated rings. The van der Waals surface area contributed by atoms with Gasteiger partial charge in [-0.1, -0.05) is 30.3 Å². The van der Waals surface area contributed by atoms with Crippen LogP contribution in [-0.2, 0) is 14.8 Å². The molecular formula is C19H20N4O3S2. The number of carbonyl (C=O) groups is 1. The van der Waals surface area contributed by atoms with Crippen molar-refractivity contribution in [1.82, 2.24) is 9.21 Å². The molecule has 0 saturated carbocycles. The number of nitrogens with one attached hydrogen (secondary N) is 1. The molecule has 0 bridgehead atoms. The lowest BCUT2D eigenvalue weighted by atomic mass is 10.2. The number of nitriles is 1. The first-order chi connectivity index (χ1) is 13.5. The van der Waals surface area contributed by atoms with Crippen LogP contribution in [0, 0.1) is 11.3 Å². The molecule has 3 rings (SSSR count). The van der Waals surface area contributed by atoms with Gasteiger partial charge in [-0.25, -0.2) is 8.42 Å². The van der Waals surface area contributed by atoms with Crippen molar-refractivity contribution >= 4 is 38.3 Å². The van der Waals surface area contributed by atoms with Crippen LogP contribution in [0.3, 0.4) is 0 Å². The Morgan fingerprint density at radius 2 is 1.89 bits per heavy atom. The van der Waals surface area contributed by atoms with Crippen molar-refractivity contribution in [1.29, 1.82) is 5.26 Å². The monoisotopic (exact) mass is 416 g/mol. The largest absolute Gasteiger partial charge is 0.315 e. The van der Waals surface area contributed by atoms with Gasteiger partial charge in [0.2, 0.25) is 15.9 Å². The molecule has 0 aliphatic carbocycles. The van der Waals surface area contributed by atoms with Crippen LogP contribution >= 0.6 is 11.3 Å². The van der Waals surface area contributed by atoms with Gasteiger partial charge in [0.25, 0.3) is 0 Å². The normalized spacial score (nSPS) is 16.1. The van der Waals surface area contributed by atoms with Gasteiger partial charge in [-0.3, -0.25) is 9.69 Å². The molecule has 146 valence electrons. The van der Waals surface area contributed by atoms with E-state index in [9.17, 15) is 13.2 Å². The molecule has 1 amide bonds. The highest BCUT2D eigenvalue weighted by Gasteiger charge is 2.26. The first-order valence-corrected chi connectivity index (χ1v) is 11.1. The second kappa shape index (κ2) is 9.12. The molecule has 9 heteroatoms. The lowest BCUT2D eigenvalue weighted by Gasteiger charge is -2.32. The number of carbonyl (C=O) groups excluding carboxylic acids is 1. The van der Waals surface area contributed by atoms with E-state index in [2.05, 4.69) is 5.32 Å². The quantitative estimate of drug-likeness (QED) is 0.779. The Labute approximate surface area is 168 Å². The van der Waals surface area contributed by atoms with Gasteiger partial charge in [0.05, 0.1) is 12.1 Å². The number of hydrogen-bond donors (Lipinski definition) is 1. The molecule has 0 radical (unpaired) electrons. The lowest BCUT2D eigenvalue weighted by molar-refractivity contribution is -0.117. The molecular weight excluding hydrogens is 396 g/mol. The summed E-state index contributed by atoms with van der Waals surface area (Å²) in [4.78, 5) is 14.1. The first-order valence-electron chi connectivity index (χ1n) is 8.71. The van der Waals surface area contributed by atoms with Crippen molar-refractivity contribution in [2.75, 3.05) is 38.0 Å². The first kappa shape index (κ1) is 20.2. The summed E-state index contributed by atoms with van der Waals surface area (Å²) in [6.07, 6.45) is 1.59. The fourth-order valence-electron chi connectivity index (χ4n) is 2.82. The fourth-order valence-corrected chi connectivity index (χ4v) is 4.75. The fraction of sp³-hybridized carbons (Fsp3) is 0.263. The molecule has 1 saturated heterocycles. The van der Waals surface area contributed by atoms with E-state index < -0.39 is 10.0 Å². The average molecular weight is 417 g/mol. The van der Waals surface area contributed by atoms with Gasteiger partial charge in [0, 0.05) is 31.6 Å². The zero-order chi connectivity index (χ0) is 20.0. The highest BCUT2D eigenvalue weighted by Crippen LogP contribution is 2.22. The van der Waals surface area contributed by atoms with E-state index in [1.165, 1.54) is 21.1 Å². The van der Waals surface area contributed by atoms with Gasteiger partial charge >= 0.3 is 0 Å². The summed E-state index contributed by atoms with van der Waals surface area (Å²) in [5, 5.41) is 15.3. The molecule has 7 nitrogen and oxygen atoms in total. The zero-order valence-electron chi connectivity index (χ0n) is 15.1. The zero-order valence-corrected chi connectivity index (χ0v) is 16.7. The molecule has 1 aliphatic rings. The summed E-state index contributed by atoms with van der Waals surface area (Å²) in [6, 6.07) is 13.0. The van der Waals surface area contributed by atoms with Crippen LogP contribution in [0.1, 0.15) is 11.1 Å². The van der Waals surface area contributed by atoms with E-state index in [1.54, 1.807) is 17.5 Å². The van der Waals surface area contributed by atoms with E-state index in [1.807, 2.05) is 41.3 Å². The minimum absolute atomic E-state index is 0.163. The SMILES string of the molecule is N#Cc1ccsc1NC(=O)CN1CCN(S(=O)(=O)/C=C/c2ccccc2)CC1. The van der Waals surface area contributed by atoms with Crippen LogP contribution in [0.15, 0.2) is 47.2 Å². The van der Waals surface area contributed by atoms with E-state index in [0.717, 1.165) is 5.56 Å². The van der Waals surface area contributed by atoms with Crippen molar-refractivity contribution < 1.29 is 13.2 Å². The molecule has 2 heterocycles. The predicted molar refractivity (Wildman–Crippen MR) is 110 cm³/mol. The Morgan fingerprint density at radius 1 is 1.18 bits per heavy atom. The summed E-state index contributed by atoms with van der Waals surface area (Å²) in [5.74, 6) is -0.209. The van der Waals surface area contributed by atoms with Crippen molar-refractivity contribution in [2.24, 2.45) is 0 Å². The highest BCUT2D eigenvalue weighted by atomic mass is 32.2. The van der Waals surface area contributed by atoms with Crippen LogP contribution in [0.4, 0.5) is 5.00 Å². The molecule has 2 aromatic rings. The molecule has 28 heavy (non-hydrogen) atoms. The van der Waals surface area contributed by atoms with E-state index in [4.69, 9.17) is 5.26 Å². The van der Waals surface area contributed by atoms with Gasteiger partial charge in [-0.05, 0) is 23.1 Å². The van der Waals surface area contributed by atoms with Crippen molar-refractivity contribution in [2.45, 2.75) is 0 Å². The predicted octanol–water partition coefficient (Wildman–Crippen LogP) is 2.18. The molecule has 1 N–H and O–H groups in total. The van der Waals surface area contributed by atoms with Crippen LogP contribution in [0.25, 0.3) is 6.08 Å². The second-order valence-electron chi connectivity index (χ2n) is 6.26. The maximum atomic E-state index is 12.5. The number of benzene rings is 1. The topological polar surface area (TPSA) is 93.5 Å². The Balaban J connectivity index is 1.50. The van der Waals surface area contributed by atoms with Crippen molar-refractivity contribution in [3.8, 4) is 6.07 Å². The summed E-state index contributed by atoms with van der Waals surface area (Å²) in [7, 11) is -3.49. The standard InChI is InChI=1S/C19H20N4O3S2/c20-14-17-6-12-27-19(17)21-18(24)15-22-8-10-23(11-9-22)28(25,26)13-7-16-4-2-1-3-5-16/h1-7,12-13H,8-11,15H2,(H,21,24)/b13-7+. The third-order valence-electron chi connectivity index (χ3n) is 4.33. The van der Waals surface area contributed by atoms with Gasteiger partial charge in [0.15, 0.2) is 0 Å². The van der Waals surface area contributed by atoms with Crippen LogP contribution in [0.5, 0.6) is 0 Å². The minimum atomic E-state index is -3.49. The summed E-state index contributed by atoms with van der Waals surface area (Å²) in [6.45, 7) is 1.77. The maximum absolute atomic E-state index is 12.5. The molecule has 1 aliphatic heterocycles. The van der Waals surface area contributed by atoms with E-state index in [0.29, 0.717) is 36.7 Å². The Kier molecular flexibility index (Phi) is 6.59. The number of rotatable bonds is 6. The minimum Gasteiger partial charge on any atom is -0.315 e. The number of sulfonamides is 1. The van der Waals surface area contributed by atoms with Crippen molar-refractivity contribution in [3.05, 3.63) is 58.3 Å². The van der Waals surface area contributed by atoms with Gasteiger partial charge in [0.1, 0.15) is 11.1 Å². The molecule has 0 unspecified atom stereocenters. The number of anilines is 1. The number of thiophene rings is 1. The van der Waals surface area contributed by atoms with Crippen LogP contribution in [-0.4, -0.2) is 56.3 Å². The van der Waals surface area contributed by atoms with Crippen LogP contribution < -0.4 is 5.32 Å². The van der Waals surface area contributed by atoms with E-state index >= 15 is 0 Å². The summed E-state index contributed by atoms with van der Waals surface area (Å²) < 4.78 is 26.4. The third kappa shape index (κ3) is 5.27. The summed E-state index contributed by atoms with van der Waals surface area (Å²) >= 11 is 1.30. The van der Waals surface area contributed by atoms with Crippen LogP contribution in [0.2, 0.25) is 0 Å². The van der Waals surface area contributed by atoms with E-state index in [-0.39, 0.29) is 12.5 Å². The van der Waals surface area contributed by atoms with Crippen molar-refractivity contribution in [3.63, 3.8) is 0 Å². The number of nitrogens with zero attached hydrogens (tertiary/aromatic N) is 3. The third-order valence-corrected chi connectivity index (χ3v) is 6.72. The van der Waals surface area contributed by atoms with Gasteiger partial charge < -0.3 is 5.32 Å². The molecule has 0 spiro atoms. The Hall–Kier alpha value is -2.51. The number of hydrogen-bond acceptors (Lipinski definition) is 6. The summed E-state index contributed by atoms with van der Waals surface area (Å²) in [5.41, 5.74) is 1.27. The smallest absolute Gasteiger partial charge is 0.239 e. The second-order valence-corrected chi connectivity index (χ2v) is 8.99. The van der Waals surface area contributed by atoms with Gasteiger partial charge in [-0.15, -0.1) is 11.3 Å². The lowest BCUT2D eigenvalue weighted by Crippen LogP contribution is -2.49. The number of amides is 1. The Morgan fingerprint density at radius 3 is 2.57 bits per heavy atom. The Bertz CT molecular complexity index is 986. The van der Waals surface area contributed by atoms with Gasteiger partial charge in [-0.2, -0.15) is 9.57 Å². The maximum Gasteiger partial charge on any atom is 0.239 e. The molecule has 1 aromatic carbocycles. The highest BCUT2D eigenvalue weighted by molar-refractivity contribution is 7.92. The molecule has 0 atom stereocenters. The molecule has 1 aromatic heterocycles.